The first kappa shape index (κ1) is 17.7. The lowest BCUT2D eigenvalue weighted by molar-refractivity contribution is -0.137. The van der Waals surface area contributed by atoms with Gasteiger partial charge in [0.25, 0.3) is 0 Å². The van der Waals surface area contributed by atoms with Crippen LogP contribution in [0.2, 0.25) is 0 Å². The van der Waals surface area contributed by atoms with Crippen LogP contribution in [0.4, 0.5) is 0 Å². The van der Waals surface area contributed by atoms with E-state index in [4.69, 9.17) is 5.11 Å². The van der Waals surface area contributed by atoms with Crippen molar-refractivity contribution in [2.45, 2.75) is 26.7 Å². The Hall–Kier alpha value is -1.40. The lowest BCUT2D eigenvalue weighted by Crippen LogP contribution is -2.40. The van der Waals surface area contributed by atoms with E-state index in [1.807, 2.05) is 51.1 Å². The fraction of sp³-hybridized carbons (Fsp3) is 0.533. The molecule has 1 unspecified atom stereocenters. The maximum absolute atomic E-state index is 12.4. The van der Waals surface area contributed by atoms with Gasteiger partial charge in [-0.05, 0) is 17.4 Å². The highest BCUT2D eigenvalue weighted by Crippen LogP contribution is 2.19. The summed E-state index contributed by atoms with van der Waals surface area (Å²) in [6.45, 7) is 5.30. The second kappa shape index (κ2) is 7.56. The molecule has 1 atom stereocenters. The van der Waals surface area contributed by atoms with E-state index in [9.17, 15) is 13.2 Å². The summed E-state index contributed by atoms with van der Waals surface area (Å²) in [6.07, 6.45) is 0. The number of carboxylic acids is 1. The van der Waals surface area contributed by atoms with Crippen LogP contribution >= 0.6 is 0 Å². The molecular weight excluding hydrogens is 290 g/mol. The Morgan fingerprint density at radius 2 is 1.76 bits per heavy atom. The van der Waals surface area contributed by atoms with Gasteiger partial charge in [0, 0.05) is 6.54 Å². The molecule has 0 saturated carbocycles. The molecule has 0 aromatic heterocycles. The first-order chi connectivity index (χ1) is 9.72. The fourth-order valence-corrected chi connectivity index (χ4v) is 4.00. The molecule has 0 amide bonds. The van der Waals surface area contributed by atoms with Crippen LogP contribution in [0.5, 0.6) is 0 Å². The van der Waals surface area contributed by atoms with Crippen molar-refractivity contribution in [2.24, 2.45) is 5.92 Å². The average Bonchev–Trinajstić information content (AvgIpc) is 2.37. The second-order valence-corrected chi connectivity index (χ2v) is 7.68. The molecule has 21 heavy (non-hydrogen) atoms. The van der Waals surface area contributed by atoms with Gasteiger partial charge < -0.3 is 5.11 Å². The molecule has 5 nitrogen and oxygen atoms in total. The number of carboxylic acid groups (broad SMARTS) is 1. The van der Waals surface area contributed by atoms with Gasteiger partial charge in [-0.2, -0.15) is 4.31 Å². The van der Waals surface area contributed by atoms with Gasteiger partial charge in [0.05, 0.1) is 5.75 Å². The van der Waals surface area contributed by atoms with Crippen LogP contribution in [0, 0.1) is 5.92 Å². The standard InChI is InChI=1S/C15H23NO4S/c1-12(2)9-16(10-15(17)18)21(19,20)11-13(3)14-7-5-4-6-8-14/h4-8,12-13H,9-11H2,1-3H3,(H,17,18). The maximum Gasteiger partial charge on any atom is 0.318 e. The summed E-state index contributed by atoms with van der Waals surface area (Å²) in [6, 6.07) is 9.36. The number of sulfonamides is 1. The van der Waals surface area contributed by atoms with Crippen molar-refractivity contribution in [1.82, 2.24) is 4.31 Å². The van der Waals surface area contributed by atoms with E-state index in [-0.39, 0.29) is 24.1 Å². The molecule has 0 aliphatic heterocycles. The van der Waals surface area contributed by atoms with Crippen molar-refractivity contribution in [2.75, 3.05) is 18.8 Å². The third-order valence-corrected chi connectivity index (χ3v) is 5.09. The molecule has 0 saturated heterocycles. The number of hydrogen-bond acceptors (Lipinski definition) is 3. The number of hydrogen-bond donors (Lipinski definition) is 1. The lowest BCUT2D eigenvalue weighted by Gasteiger charge is -2.24. The van der Waals surface area contributed by atoms with Crippen LogP contribution in [0.25, 0.3) is 0 Å². The van der Waals surface area contributed by atoms with E-state index in [1.165, 1.54) is 0 Å². The van der Waals surface area contributed by atoms with E-state index >= 15 is 0 Å². The smallest absolute Gasteiger partial charge is 0.318 e. The summed E-state index contributed by atoms with van der Waals surface area (Å²) < 4.78 is 26.0. The molecule has 1 aromatic rings. The Kier molecular flexibility index (Phi) is 6.36. The summed E-state index contributed by atoms with van der Waals surface area (Å²) in [5.41, 5.74) is 0.931. The molecule has 1 rings (SSSR count). The van der Waals surface area contributed by atoms with Crippen molar-refractivity contribution in [3.63, 3.8) is 0 Å². The minimum Gasteiger partial charge on any atom is -0.480 e. The van der Waals surface area contributed by atoms with Gasteiger partial charge in [0.15, 0.2) is 0 Å². The second-order valence-electron chi connectivity index (χ2n) is 5.67. The number of carbonyl (C=O) groups is 1. The van der Waals surface area contributed by atoms with Crippen molar-refractivity contribution < 1.29 is 18.3 Å². The van der Waals surface area contributed by atoms with Crippen LogP contribution in [0.15, 0.2) is 30.3 Å². The summed E-state index contributed by atoms with van der Waals surface area (Å²) in [5, 5.41) is 8.91. The number of benzene rings is 1. The number of rotatable bonds is 8. The predicted octanol–water partition coefficient (Wildman–Crippen LogP) is 2.16. The zero-order valence-corrected chi connectivity index (χ0v) is 13.5. The van der Waals surface area contributed by atoms with E-state index in [1.54, 1.807) is 0 Å². The van der Waals surface area contributed by atoms with Gasteiger partial charge in [0.2, 0.25) is 10.0 Å². The largest absolute Gasteiger partial charge is 0.480 e. The summed E-state index contributed by atoms with van der Waals surface area (Å²) >= 11 is 0. The molecule has 6 heteroatoms. The van der Waals surface area contributed by atoms with Crippen LogP contribution in [0.1, 0.15) is 32.3 Å². The molecule has 0 aliphatic rings. The molecule has 1 N–H and O–H groups in total. The van der Waals surface area contributed by atoms with Crippen molar-refractivity contribution >= 4 is 16.0 Å². The molecule has 118 valence electrons. The molecule has 0 aliphatic carbocycles. The Morgan fingerprint density at radius 3 is 2.24 bits per heavy atom. The Balaban J connectivity index is 2.87. The van der Waals surface area contributed by atoms with Gasteiger partial charge in [-0.25, -0.2) is 8.42 Å². The number of nitrogens with zero attached hydrogens (tertiary/aromatic N) is 1. The van der Waals surface area contributed by atoms with E-state index in [2.05, 4.69) is 0 Å². The number of aliphatic carboxylic acids is 1. The highest BCUT2D eigenvalue weighted by Gasteiger charge is 2.27. The van der Waals surface area contributed by atoms with Gasteiger partial charge in [-0.1, -0.05) is 51.1 Å². The first-order valence-electron chi connectivity index (χ1n) is 6.97. The van der Waals surface area contributed by atoms with Gasteiger partial charge in [0.1, 0.15) is 6.54 Å². The Morgan fingerprint density at radius 1 is 1.19 bits per heavy atom. The van der Waals surface area contributed by atoms with Gasteiger partial charge in [-0.3, -0.25) is 4.79 Å². The zero-order valence-electron chi connectivity index (χ0n) is 12.7. The van der Waals surface area contributed by atoms with E-state index in [0.29, 0.717) is 0 Å². The summed E-state index contributed by atoms with van der Waals surface area (Å²) in [5.74, 6) is -1.32. The third-order valence-electron chi connectivity index (χ3n) is 3.10. The quantitative estimate of drug-likeness (QED) is 0.798. The van der Waals surface area contributed by atoms with Crippen LogP contribution < -0.4 is 0 Å². The minimum absolute atomic E-state index is 0.0751. The lowest BCUT2D eigenvalue weighted by atomic mass is 10.0. The molecule has 0 heterocycles. The summed E-state index contributed by atoms with van der Waals surface area (Å²) in [4.78, 5) is 10.9. The highest BCUT2D eigenvalue weighted by molar-refractivity contribution is 7.89. The molecule has 0 spiro atoms. The van der Waals surface area contributed by atoms with Crippen LogP contribution in [-0.4, -0.2) is 42.6 Å². The van der Waals surface area contributed by atoms with Crippen LogP contribution in [0.3, 0.4) is 0 Å². The maximum atomic E-state index is 12.4. The Bertz CT molecular complexity index is 554. The van der Waals surface area contributed by atoms with Gasteiger partial charge >= 0.3 is 5.97 Å². The predicted molar refractivity (Wildman–Crippen MR) is 82.7 cm³/mol. The van der Waals surface area contributed by atoms with Crippen molar-refractivity contribution in [3.05, 3.63) is 35.9 Å². The minimum atomic E-state index is -3.61. The molecule has 0 radical (unpaired) electrons. The van der Waals surface area contributed by atoms with E-state index < -0.39 is 22.5 Å². The molecule has 0 bridgehead atoms. The monoisotopic (exact) mass is 313 g/mol. The normalized spacial score (nSPS) is 13.6. The third kappa shape index (κ3) is 5.85. The topological polar surface area (TPSA) is 74.7 Å². The highest BCUT2D eigenvalue weighted by atomic mass is 32.2. The zero-order chi connectivity index (χ0) is 16.0. The van der Waals surface area contributed by atoms with Crippen LogP contribution in [-0.2, 0) is 14.8 Å². The van der Waals surface area contributed by atoms with Crippen molar-refractivity contribution in [3.8, 4) is 0 Å². The fourth-order valence-electron chi connectivity index (χ4n) is 2.13. The average molecular weight is 313 g/mol. The molecule has 0 fully saturated rings. The first-order valence-corrected chi connectivity index (χ1v) is 8.58. The summed E-state index contributed by atoms with van der Waals surface area (Å²) in [7, 11) is -3.61. The van der Waals surface area contributed by atoms with Crippen molar-refractivity contribution in [1.29, 1.82) is 0 Å². The molecule has 1 aromatic carbocycles. The SMILES string of the molecule is CC(C)CN(CC(=O)O)S(=O)(=O)CC(C)c1ccccc1. The Labute approximate surface area is 126 Å². The molecular formula is C15H23NO4S. The van der Waals surface area contributed by atoms with Gasteiger partial charge in [-0.15, -0.1) is 0 Å². The van der Waals surface area contributed by atoms with E-state index in [0.717, 1.165) is 9.87 Å².